The first-order chi connectivity index (χ1) is 7.66. The van der Waals surface area contributed by atoms with E-state index in [9.17, 15) is 4.79 Å². The molecule has 0 aliphatic carbocycles. The number of hydrogen-bond donors (Lipinski definition) is 0. The molecular formula is C12H21N2O2. The largest absolute Gasteiger partial charge is 0.378 e. The Morgan fingerprint density at radius 3 is 2.44 bits per heavy atom. The number of carbonyl (C=O) groups is 1. The second kappa shape index (κ2) is 5.15. The summed E-state index contributed by atoms with van der Waals surface area (Å²) in [7, 11) is 0. The van der Waals surface area contributed by atoms with Gasteiger partial charge in [-0.25, -0.2) is 0 Å². The zero-order chi connectivity index (χ0) is 11.5. The van der Waals surface area contributed by atoms with E-state index in [4.69, 9.17) is 4.74 Å². The van der Waals surface area contributed by atoms with Crippen molar-refractivity contribution in [2.24, 2.45) is 5.92 Å². The second-order valence-electron chi connectivity index (χ2n) is 5.04. The van der Waals surface area contributed by atoms with Gasteiger partial charge in [0, 0.05) is 32.7 Å². The standard InChI is InChI=1S/C12H21N2O2/c1-10(2)7-13-8-11(9-13)12(15)14-3-5-16-6-4-14/h11H,3-9H2,1-2H3. The van der Waals surface area contributed by atoms with E-state index < -0.39 is 0 Å². The van der Waals surface area contributed by atoms with Gasteiger partial charge in [-0.1, -0.05) is 13.8 Å². The predicted molar refractivity (Wildman–Crippen MR) is 61.9 cm³/mol. The number of ether oxygens (including phenoxy) is 1. The molecule has 4 heteroatoms. The predicted octanol–water partition coefficient (Wildman–Crippen LogP) is 0.391. The van der Waals surface area contributed by atoms with E-state index in [-0.39, 0.29) is 5.92 Å². The lowest BCUT2D eigenvalue weighted by Gasteiger charge is -2.42. The summed E-state index contributed by atoms with van der Waals surface area (Å²) in [4.78, 5) is 16.3. The van der Waals surface area contributed by atoms with Crippen LogP contribution in [0.5, 0.6) is 0 Å². The summed E-state index contributed by atoms with van der Waals surface area (Å²) in [6.45, 7) is 10.1. The molecule has 0 atom stereocenters. The highest BCUT2D eigenvalue weighted by molar-refractivity contribution is 5.80. The summed E-state index contributed by atoms with van der Waals surface area (Å²) in [5.41, 5.74) is 0. The first-order valence-corrected chi connectivity index (χ1v) is 6.04. The maximum atomic E-state index is 12.0. The summed E-state index contributed by atoms with van der Waals surface area (Å²) >= 11 is 0. The van der Waals surface area contributed by atoms with Crippen LogP contribution in [0.1, 0.15) is 13.8 Å². The number of rotatable bonds is 3. The molecule has 0 saturated carbocycles. The van der Waals surface area contributed by atoms with Crippen LogP contribution in [0.25, 0.3) is 0 Å². The first-order valence-electron chi connectivity index (χ1n) is 6.04. The molecule has 0 aromatic carbocycles. The van der Waals surface area contributed by atoms with E-state index >= 15 is 0 Å². The molecule has 0 unspecified atom stereocenters. The molecule has 2 fully saturated rings. The normalized spacial score (nSPS) is 23.6. The third-order valence-corrected chi connectivity index (χ3v) is 3.17. The van der Waals surface area contributed by atoms with Gasteiger partial charge in [0.05, 0.1) is 19.1 Å². The Labute approximate surface area is 97.5 Å². The van der Waals surface area contributed by atoms with Gasteiger partial charge in [0.1, 0.15) is 0 Å². The van der Waals surface area contributed by atoms with Crippen molar-refractivity contribution in [2.75, 3.05) is 45.9 Å². The first kappa shape index (κ1) is 11.9. The highest BCUT2D eigenvalue weighted by Crippen LogP contribution is 2.20. The SMILES string of the molecule is C[C](C)CN1CC(C(=O)N2CCOCC2)C1. The van der Waals surface area contributed by atoms with Crippen molar-refractivity contribution in [1.82, 2.24) is 9.80 Å². The van der Waals surface area contributed by atoms with Gasteiger partial charge in [0.15, 0.2) is 0 Å². The fourth-order valence-electron chi connectivity index (χ4n) is 2.34. The molecule has 1 amide bonds. The quantitative estimate of drug-likeness (QED) is 0.696. The molecule has 2 heterocycles. The van der Waals surface area contributed by atoms with Crippen LogP contribution in [0.15, 0.2) is 0 Å². The van der Waals surface area contributed by atoms with Gasteiger partial charge in [-0.05, 0) is 5.92 Å². The van der Waals surface area contributed by atoms with Gasteiger partial charge in [0.25, 0.3) is 0 Å². The van der Waals surface area contributed by atoms with E-state index in [1.165, 1.54) is 5.92 Å². The molecular weight excluding hydrogens is 204 g/mol. The number of morpholine rings is 1. The van der Waals surface area contributed by atoms with Crippen LogP contribution in [-0.2, 0) is 9.53 Å². The van der Waals surface area contributed by atoms with Crippen molar-refractivity contribution >= 4 is 5.91 Å². The van der Waals surface area contributed by atoms with E-state index in [0.717, 1.165) is 32.7 Å². The van der Waals surface area contributed by atoms with Crippen LogP contribution in [0, 0.1) is 11.8 Å². The third-order valence-electron chi connectivity index (χ3n) is 3.17. The Balaban J connectivity index is 1.72. The van der Waals surface area contributed by atoms with Crippen LogP contribution < -0.4 is 0 Å². The zero-order valence-electron chi connectivity index (χ0n) is 10.2. The van der Waals surface area contributed by atoms with E-state index in [1.54, 1.807) is 0 Å². The van der Waals surface area contributed by atoms with E-state index in [0.29, 0.717) is 19.1 Å². The lowest BCUT2D eigenvalue weighted by Crippen LogP contribution is -2.56. The number of hydrogen-bond acceptors (Lipinski definition) is 3. The monoisotopic (exact) mass is 225 g/mol. The van der Waals surface area contributed by atoms with Gasteiger partial charge in [-0.3, -0.25) is 4.79 Å². The molecule has 0 spiro atoms. The van der Waals surface area contributed by atoms with Crippen molar-refractivity contribution in [3.63, 3.8) is 0 Å². The van der Waals surface area contributed by atoms with E-state index in [1.807, 2.05) is 4.90 Å². The molecule has 0 aromatic rings. The molecule has 0 aromatic heterocycles. The third kappa shape index (κ3) is 2.74. The van der Waals surface area contributed by atoms with Crippen LogP contribution >= 0.6 is 0 Å². The van der Waals surface area contributed by atoms with Crippen molar-refractivity contribution in [3.05, 3.63) is 5.92 Å². The molecule has 91 valence electrons. The summed E-state index contributed by atoms with van der Waals surface area (Å²) in [6.07, 6.45) is 0. The molecule has 2 saturated heterocycles. The summed E-state index contributed by atoms with van der Waals surface area (Å²) in [6, 6.07) is 0. The van der Waals surface area contributed by atoms with Crippen molar-refractivity contribution < 1.29 is 9.53 Å². The van der Waals surface area contributed by atoms with Crippen molar-refractivity contribution in [2.45, 2.75) is 13.8 Å². The zero-order valence-corrected chi connectivity index (χ0v) is 10.2. The highest BCUT2D eigenvalue weighted by Gasteiger charge is 2.35. The molecule has 2 rings (SSSR count). The van der Waals surface area contributed by atoms with Gasteiger partial charge < -0.3 is 14.5 Å². The van der Waals surface area contributed by atoms with Gasteiger partial charge >= 0.3 is 0 Å². The minimum absolute atomic E-state index is 0.234. The Bertz CT molecular complexity index is 243. The molecule has 4 nitrogen and oxygen atoms in total. The molecule has 16 heavy (non-hydrogen) atoms. The lowest BCUT2D eigenvalue weighted by atomic mass is 9.97. The molecule has 0 bridgehead atoms. The average Bonchev–Trinajstić information content (AvgIpc) is 2.23. The van der Waals surface area contributed by atoms with Gasteiger partial charge in [0.2, 0.25) is 5.91 Å². The average molecular weight is 225 g/mol. The fourth-order valence-corrected chi connectivity index (χ4v) is 2.34. The number of nitrogens with zero attached hydrogens (tertiary/aromatic N) is 2. The maximum absolute atomic E-state index is 12.0. The van der Waals surface area contributed by atoms with Crippen molar-refractivity contribution in [1.29, 1.82) is 0 Å². The topological polar surface area (TPSA) is 32.8 Å². The molecule has 2 aliphatic heterocycles. The summed E-state index contributed by atoms with van der Waals surface area (Å²) in [5.74, 6) is 1.98. The number of amides is 1. The number of likely N-dealkylation sites (tertiary alicyclic amines) is 1. The molecule has 2 aliphatic rings. The van der Waals surface area contributed by atoms with Crippen LogP contribution in [0.3, 0.4) is 0 Å². The summed E-state index contributed by atoms with van der Waals surface area (Å²) < 4.78 is 5.25. The van der Waals surface area contributed by atoms with Gasteiger partial charge in [-0.15, -0.1) is 0 Å². The molecule has 0 N–H and O–H groups in total. The molecule has 1 radical (unpaired) electrons. The van der Waals surface area contributed by atoms with Crippen LogP contribution in [-0.4, -0.2) is 61.6 Å². The Hall–Kier alpha value is -0.610. The minimum Gasteiger partial charge on any atom is -0.378 e. The Morgan fingerprint density at radius 2 is 1.88 bits per heavy atom. The second-order valence-corrected chi connectivity index (χ2v) is 5.04. The summed E-state index contributed by atoms with van der Waals surface area (Å²) in [5, 5.41) is 0. The van der Waals surface area contributed by atoms with Crippen LogP contribution in [0.4, 0.5) is 0 Å². The number of carbonyl (C=O) groups excluding carboxylic acids is 1. The fraction of sp³-hybridized carbons (Fsp3) is 0.833. The van der Waals surface area contributed by atoms with Crippen molar-refractivity contribution in [3.8, 4) is 0 Å². The Kier molecular flexibility index (Phi) is 3.82. The smallest absolute Gasteiger partial charge is 0.228 e. The highest BCUT2D eigenvalue weighted by atomic mass is 16.5. The van der Waals surface area contributed by atoms with Crippen LogP contribution in [0.2, 0.25) is 0 Å². The lowest BCUT2D eigenvalue weighted by molar-refractivity contribution is -0.145. The van der Waals surface area contributed by atoms with E-state index in [2.05, 4.69) is 18.7 Å². The maximum Gasteiger partial charge on any atom is 0.228 e. The van der Waals surface area contributed by atoms with Gasteiger partial charge in [-0.2, -0.15) is 0 Å². The Morgan fingerprint density at radius 1 is 1.25 bits per heavy atom. The minimum atomic E-state index is 0.234.